The monoisotopic (exact) mass is 391 g/mol. The van der Waals surface area contributed by atoms with Gasteiger partial charge >= 0.3 is 0 Å². The van der Waals surface area contributed by atoms with E-state index in [0.717, 1.165) is 27.6 Å². The van der Waals surface area contributed by atoms with E-state index in [9.17, 15) is 4.79 Å². The summed E-state index contributed by atoms with van der Waals surface area (Å²) in [6, 6.07) is 17.2. The van der Waals surface area contributed by atoms with Crippen LogP contribution in [-0.2, 0) is 17.8 Å². The van der Waals surface area contributed by atoms with Gasteiger partial charge in [0.05, 0.1) is 30.4 Å². The fourth-order valence-corrected chi connectivity index (χ4v) is 3.54. The predicted molar refractivity (Wildman–Crippen MR) is 110 cm³/mol. The smallest absolute Gasteiger partial charge is 0.228 e. The molecule has 6 heteroatoms. The van der Waals surface area contributed by atoms with Gasteiger partial charge in [0.1, 0.15) is 10.8 Å². The zero-order valence-electron chi connectivity index (χ0n) is 15.9. The average molecular weight is 391 g/mol. The van der Waals surface area contributed by atoms with E-state index >= 15 is 0 Å². The van der Waals surface area contributed by atoms with Crippen LogP contribution < -0.4 is 4.74 Å². The van der Waals surface area contributed by atoms with Crippen molar-refractivity contribution in [2.75, 3.05) is 13.7 Å². The number of nitrogens with zero attached hydrogens (tertiary/aromatic N) is 3. The van der Waals surface area contributed by atoms with Gasteiger partial charge in [0.25, 0.3) is 0 Å². The Morgan fingerprint density at radius 1 is 1.18 bits per heavy atom. The molecule has 0 aliphatic rings. The minimum atomic E-state index is 0.00732. The molecule has 0 spiro atoms. The Morgan fingerprint density at radius 2 is 1.89 bits per heavy atom. The second-order valence-corrected chi connectivity index (χ2v) is 7.19. The molecule has 142 valence electrons. The number of aromatic nitrogens is 1. The van der Waals surface area contributed by atoms with Gasteiger partial charge in [0.15, 0.2) is 0 Å². The fraction of sp³-hybridized carbons (Fsp3) is 0.227. The van der Waals surface area contributed by atoms with Gasteiger partial charge in [-0.25, -0.2) is 4.98 Å². The van der Waals surface area contributed by atoms with Gasteiger partial charge in [0, 0.05) is 24.5 Å². The molecule has 0 radical (unpaired) electrons. The van der Waals surface area contributed by atoms with Crippen LogP contribution in [0.4, 0.5) is 0 Å². The molecule has 0 aliphatic carbocycles. The first-order chi connectivity index (χ1) is 13.6. The van der Waals surface area contributed by atoms with E-state index in [1.165, 1.54) is 11.3 Å². The van der Waals surface area contributed by atoms with Gasteiger partial charge in [-0.15, -0.1) is 11.3 Å². The summed E-state index contributed by atoms with van der Waals surface area (Å²) in [7, 11) is 1.78. The summed E-state index contributed by atoms with van der Waals surface area (Å²) in [4.78, 5) is 18.8. The van der Waals surface area contributed by atoms with Crippen LogP contribution in [0, 0.1) is 11.3 Å². The topological polar surface area (TPSA) is 66.2 Å². The van der Waals surface area contributed by atoms with Crippen molar-refractivity contribution < 1.29 is 9.53 Å². The Labute approximate surface area is 168 Å². The second kappa shape index (κ2) is 9.16. The Balaban J connectivity index is 1.60. The Bertz CT molecular complexity index is 972. The van der Waals surface area contributed by atoms with Crippen molar-refractivity contribution in [3.63, 3.8) is 0 Å². The summed E-state index contributed by atoms with van der Waals surface area (Å²) in [6.45, 7) is 3.09. The van der Waals surface area contributed by atoms with Crippen LogP contribution >= 0.6 is 11.3 Å². The molecule has 0 aliphatic heterocycles. The molecule has 0 atom stereocenters. The molecule has 3 aromatic rings. The Morgan fingerprint density at radius 3 is 2.54 bits per heavy atom. The summed E-state index contributed by atoms with van der Waals surface area (Å²) in [6.07, 6.45) is 0.264. The lowest BCUT2D eigenvalue weighted by Crippen LogP contribution is -2.27. The van der Waals surface area contributed by atoms with Crippen LogP contribution in [0.5, 0.6) is 5.75 Å². The second-order valence-electron chi connectivity index (χ2n) is 6.34. The van der Waals surface area contributed by atoms with E-state index in [2.05, 4.69) is 11.1 Å². The van der Waals surface area contributed by atoms with Crippen LogP contribution in [-0.4, -0.2) is 29.4 Å². The number of thiazole rings is 1. The van der Waals surface area contributed by atoms with Gasteiger partial charge in [0.2, 0.25) is 5.91 Å². The number of carbonyl (C=O) groups is 1. The number of benzene rings is 2. The maximum atomic E-state index is 12.5. The molecule has 28 heavy (non-hydrogen) atoms. The number of carbonyl (C=O) groups excluding carboxylic acids is 1. The molecule has 0 bridgehead atoms. The highest BCUT2D eigenvalue weighted by Gasteiger charge is 2.13. The van der Waals surface area contributed by atoms with Gasteiger partial charge in [-0.2, -0.15) is 5.26 Å². The minimum absolute atomic E-state index is 0.00732. The van der Waals surface area contributed by atoms with Gasteiger partial charge in [-0.1, -0.05) is 12.1 Å². The summed E-state index contributed by atoms with van der Waals surface area (Å²) in [5, 5.41) is 11.7. The molecular weight excluding hydrogens is 370 g/mol. The fourth-order valence-electron chi connectivity index (χ4n) is 2.72. The third kappa shape index (κ3) is 4.96. The maximum absolute atomic E-state index is 12.5. The molecule has 0 saturated heterocycles. The molecular formula is C22H21N3O2S. The average Bonchev–Trinajstić information content (AvgIpc) is 3.18. The van der Waals surface area contributed by atoms with Gasteiger partial charge in [-0.05, 0) is 48.9 Å². The number of likely N-dealkylation sites (N-methyl/N-ethyl adjacent to an activating group) is 1. The van der Waals surface area contributed by atoms with E-state index in [1.54, 1.807) is 24.1 Å². The highest BCUT2D eigenvalue weighted by molar-refractivity contribution is 7.13. The zero-order valence-corrected chi connectivity index (χ0v) is 16.7. The largest absolute Gasteiger partial charge is 0.494 e. The van der Waals surface area contributed by atoms with Crippen LogP contribution in [0.25, 0.3) is 10.6 Å². The van der Waals surface area contributed by atoms with E-state index in [1.807, 2.05) is 48.7 Å². The summed E-state index contributed by atoms with van der Waals surface area (Å²) in [5.74, 6) is 0.843. The van der Waals surface area contributed by atoms with Crippen LogP contribution in [0.1, 0.15) is 23.7 Å². The summed E-state index contributed by atoms with van der Waals surface area (Å²) < 4.78 is 5.46. The van der Waals surface area contributed by atoms with E-state index < -0.39 is 0 Å². The molecule has 0 fully saturated rings. The van der Waals surface area contributed by atoms with E-state index in [-0.39, 0.29) is 12.3 Å². The third-order valence-corrected chi connectivity index (χ3v) is 5.17. The first-order valence-electron chi connectivity index (χ1n) is 8.99. The lowest BCUT2D eigenvalue weighted by molar-refractivity contribution is -0.129. The Kier molecular flexibility index (Phi) is 6.41. The first kappa shape index (κ1) is 19.6. The predicted octanol–water partition coefficient (Wildman–Crippen LogP) is 4.28. The zero-order chi connectivity index (χ0) is 19.9. The Hall–Kier alpha value is -3.17. The molecule has 5 nitrogen and oxygen atoms in total. The molecule has 1 amide bonds. The minimum Gasteiger partial charge on any atom is -0.494 e. The summed E-state index contributed by atoms with van der Waals surface area (Å²) in [5.41, 5.74) is 3.38. The molecule has 1 aromatic heterocycles. The van der Waals surface area contributed by atoms with Crippen LogP contribution in [0.15, 0.2) is 53.9 Å². The van der Waals surface area contributed by atoms with Crippen molar-refractivity contribution in [1.29, 1.82) is 5.26 Å². The van der Waals surface area contributed by atoms with Crippen molar-refractivity contribution in [2.45, 2.75) is 19.9 Å². The summed E-state index contributed by atoms with van der Waals surface area (Å²) >= 11 is 1.53. The molecule has 0 saturated carbocycles. The van der Waals surface area contributed by atoms with E-state index in [4.69, 9.17) is 10.00 Å². The quantitative estimate of drug-likeness (QED) is 0.603. The standard InChI is InChI=1S/C22H21N3O2S/c1-3-27-20-10-8-18(9-11-20)22-24-19(15-28-22)12-21(26)25(2)14-17-6-4-16(13-23)5-7-17/h4-11,15H,3,12,14H2,1-2H3. The lowest BCUT2D eigenvalue weighted by atomic mass is 10.1. The number of rotatable bonds is 7. The number of hydrogen-bond donors (Lipinski definition) is 0. The maximum Gasteiger partial charge on any atom is 0.228 e. The van der Waals surface area contributed by atoms with Crippen molar-refractivity contribution in [3.8, 4) is 22.4 Å². The molecule has 0 unspecified atom stereocenters. The van der Waals surface area contributed by atoms with Crippen molar-refractivity contribution in [2.24, 2.45) is 0 Å². The van der Waals surface area contributed by atoms with Gasteiger partial charge < -0.3 is 9.64 Å². The first-order valence-corrected chi connectivity index (χ1v) is 9.87. The van der Waals surface area contributed by atoms with Crippen LogP contribution in [0.2, 0.25) is 0 Å². The molecule has 0 N–H and O–H groups in total. The van der Waals surface area contributed by atoms with Crippen LogP contribution in [0.3, 0.4) is 0 Å². The number of hydrogen-bond acceptors (Lipinski definition) is 5. The normalized spacial score (nSPS) is 10.3. The van der Waals surface area contributed by atoms with E-state index in [0.29, 0.717) is 18.7 Å². The molecule has 2 aromatic carbocycles. The number of ether oxygens (including phenoxy) is 1. The highest BCUT2D eigenvalue weighted by atomic mass is 32.1. The van der Waals surface area contributed by atoms with Crippen molar-refractivity contribution in [1.82, 2.24) is 9.88 Å². The molecule has 1 heterocycles. The van der Waals surface area contributed by atoms with Crippen molar-refractivity contribution >= 4 is 17.2 Å². The lowest BCUT2D eigenvalue weighted by Gasteiger charge is -2.16. The number of amides is 1. The van der Waals surface area contributed by atoms with Crippen molar-refractivity contribution in [3.05, 3.63) is 70.7 Å². The highest BCUT2D eigenvalue weighted by Crippen LogP contribution is 2.26. The third-order valence-electron chi connectivity index (χ3n) is 4.22. The number of nitriles is 1. The molecule has 3 rings (SSSR count). The SMILES string of the molecule is CCOc1ccc(-c2nc(CC(=O)N(C)Cc3ccc(C#N)cc3)cs2)cc1. The van der Waals surface area contributed by atoms with Gasteiger partial charge in [-0.3, -0.25) is 4.79 Å².